The summed E-state index contributed by atoms with van der Waals surface area (Å²) in [6, 6.07) is 15.6. The standard InChI is InChI=1S/C17H17N3O3/c1-12(21)18-14-7-9-15(10-8-14)20-17(23)11-16(22)19-13-5-3-2-4-6-13/h2-10H,11H2,1H3,(H,18,21)(H,19,22)(H,20,23). The molecule has 23 heavy (non-hydrogen) atoms. The fourth-order valence-corrected chi connectivity index (χ4v) is 1.92. The van der Waals surface area contributed by atoms with E-state index in [1.54, 1.807) is 48.5 Å². The predicted molar refractivity (Wildman–Crippen MR) is 89.1 cm³/mol. The largest absolute Gasteiger partial charge is 0.326 e. The lowest BCUT2D eigenvalue weighted by Crippen LogP contribution is -2.21. The minimum Gasteiger partial charge on any atom is -0.326 e. The Labute approximate surface area is 133 Å². The molecule has 0 heterocycles. The molecule has 118 valence electrons. The Balaban J connectivity index is 1.84. The summed E-state index contributed by atoms with van der Waals surface area (Å²) < 4.78 is 0. The number of benzene rings is 2. The first-order valence-electron chi connectivity index (χ1n) is 7.05. The normalized spacial score (nSPS) is 9.78. The molecule has 3 N–H and O–H groups in total. The smallest absolute Gasteiger partial charge is 0.233 e. The van der Waals surface area contributed by atoms with Crippen molar-refractivity contribution in [1.82, 2.24) is 0 Å². The molecule has 2 rings (SSSR count). The lowest BCUT2D eigenvalue weighted by Gasteiger charge is -2.07. The van der Waals surface area contributed by atoms with Crippen LogP contribution in [0.1, 0.15) is 13.3 Å². The van der Waals surface area contributed by atoms with E-state index in [1.165, 1.54) is 6.92 Å². The first-order valence-corrected chi connectivity index (χ1v) is 7.05. The number of carbonyl (C=O) groups is 3. The van der Waals surface area contributed by atoms with E-state index in [0.717, 1.165) is 0 Å². The van der Waals surface area contributed by atoms with Gasteiger partial charge in [0.15, 0.2) is 0 Å². The molecule has 3 amide bonds. The molecule has 0 radical (unpaired) electrons. The second-order valence-electron chi connectivity index (χ2n) is 4.90. The zero-order valence-corrected chi connectivity index (χ0v) is 12.6. The number of rotatable bonds is 5. The van der Waals surface area contributed by atoms with Gasteiger partial charge in [-0.2, -0.15) is 0 Å². The predicted octanol–water partition coefficient (Wildman–Crippen LogP) is 2.61. The van der Waals surface area contributed by atoms with E-state index < -0.39 is 5.91 Å². The highest BCUT2D eigenvalue weighted by Crippen LogP contribution is 2.14. The molecule has 0 saturated carbocycles. The number of hydrogen-bond acceptors (Lipinski definition) is 3. The number of nitrogens with one attached hydrogen (secondary N) is 3. The highest BCUT2D eigenvalue weighted by Gasteiger charge is 2.10. The highest BCUT2D eigenvalue weighted by atomic mass is 16.2. The third kappa shape index (κ3) is 5.62. The first-order chi connectivity index (χ1) is 11.0. The minimum atomic E-state index is -0.411. The molecule has 0 atom stereocenters. The van der Waals surface area contributed by atoms with Gasteiger partial charge in [-0.25, -0.2) is 0 Å². The van der Waals surface area contributed by atoms with E-state index in [1.807, 2.05) is 6.07 Å². The van der Waals surface area contributed by atoms with Crippen LogP contribution in [0.3, 0.4) is 0 Å². The Morgan fingerprint density at radius 3 is 1.61 bits per heavy atom. The number of anilines is 3. The van der Waals surface area contributed by atoms with E-state index >= 15 is 0 Å². The van der Waals surface area contributed by atoms with Crippen molar-refractivity contribution in [3.05, 3.63) is 54.6 Å². The molecule has 0 saturated heterocycles. The maximum absolute atomic E-state index is 11.8. The Morgan fingerprint density at radius 2 is 1.13 bits per heavy atom. The van der Waals surface area contributed by atoms with Gasteiger partial charge in [0.1, 0.15) is 6.42 Å². The fraction of sp³-hybridized carbons (Fsp3) is 0.118. The van der Waals surface area contributed by atoms with Gasteiger partial charge in [0.25, 0.3) is 0 Å². The van der Waals surface area contributed by atoms with Crippen molar-refractivity contribution in [3.8, 4) is 0 Å². The molecule has 0 unspecified atom stereocenters. The van der Waals surface area contributed by atoms with E-state index in [9.17, 15) is 14.4 Å². The van der Waals surface area contributed by atoms with Gasteiger partial charge in [-0.05, 0) is 36.4 Å². The van der Waals surface area contributed by atoms with Crippen molar-refractivity contribution >= 4 is 34.8 Å². The summed E-state index contributed by atoms with van der Waals surface area (Å²) in [7, 11) is 0. The van der Waals surface area contributed by atoms with Crippen molar-refractivity contribution < 1.29 is 14.4 Å². The molecule has 0 spiro atoms. The summed E-state index contributed by atoms with van der Waals surface area (Å²) >= 11 is 0. The Hall–Kier alpha value is -3.15. The molecule has 2 aromatic carbocycles. The second-order valence-corrected chi connectivity index (χ2v) is 4.90. The summed E-state index contributed by atoms with van der Waals surface area (Å²) in [6.45, 7) is 1.42. The fourth-order valence-electron chi connectivity index (χ4n) is 1.92. The average molecular weight is 311 g/mol. The molecule has 0 aliphatic heterocycles. The van der Waals surface area contributed by atoms with E-state index in [0.29, 0.717) is 17.1 Å². The Morgan fingerprint density at radius 1 is 0.696 bits per heavy atom. The van der Waals surface area contributed by atoms with Gasteiger partial charge in [0, 0.05) is 24.0 Å². The summed E-state index contributed by atoms with van der Waals surface area (Å²) in [5.74, 6) is -0.964. The summed E-state index contributed by atoms with van der Waals surface area (Å²) in [6.07, 6.45) is -0.275. The Bertz CT molecular complexity index is 697. The van der Waals surface area contributed by atoms with Crippen molar-refractivity contribution in [2.45, 2.75) is 13.3 Å². The minimum absolute atomic E-state index is 0.167. The maximum atomic E-state index is 11.8. The highest BCUT2D eigenvalue weighted by molar-refractivity contribution is 6.08. The first kappa shape index (κ1) is 16.2. The molecule has 0 aliphatic rings. The van der Waals surface area contributed by atoms with Gasteiger partial charge in [0.05, 0.1) is 0 Å². The van der Waals surface area contributed by atoms with Gasteiger partial charge in [-0.3, -0.25) is 14.4 Å². The van der Waals surface area contributed by atoms with Crippen LogP contribution >= 0.6 is 0 Å². The molecule has 0 fully saturated rings. The summed E-state index contributed by atoms with van der Waals surface area (Å²) in [5.41, 5.74) is 1.83. The van der Waals surface area contributed by atoms with Gasteiger partial charge in [-0.15, -0.1) is 0 Å². The van der Waals surface area contributed by atoms with Crippen molar-refractivity contribution in [2.24, 2.45) is 0 Å². The average Bonchev–Trinajstić information content (AvgIpc) is 2.49. The molecule has 6 nitrogen and oxygen atoms in total. The number of amides is 3. The monoisotopic (exact) mass is 311 g/mol. The summed E-state index contributed by atoms with van der Waals surface area (Å²) in [5, 5.41) is 7.90. The van der Waals surface area contributed by atoms with E-state index in [-0.39, 0.29) is 18.2 Å². The summed E-state index contributed by atoms with van der Waals surface area (Å²) in [4.78, 5) is 34.5. The third-order valence-corrected chi connectivity index (χ3v) is 2.87. The van der Waals surface area contributed by atoms with Crippen LogP contribution in [0.15, 0.2) is 54.6 Å². The lowest BCUT2D eigenvalue weighted by molar-refractivity contribution is -0.123. The van der Waals surface area contributed by atoms with Crippen molar-refractivity contribution in [2.75, 3.05) is 16.0 Å². The lowest BCUT2D eigenvalue weighted by atomic mass is 10.2. The van der Waals surface area contributed by atoms with Crippen LogP contribution in [0.2, 0.25) is 0 Å². The topological polar surface area (TPSA) is 87.3 Å². The van der Waals surface area contributed by atoms with Crippen LogP contribution in [-0.2, 0) is 14.4 Å². The van der Waals surface area contributed by atoms with Crippen LogP contribution in [0.5, 0.6) is 0 Å². The van der Waals surface area contributed by atoms with Gasteiger partial charge < -0.3 is 16.0 Å². The zero-order valence-electron chi connectivity index (χ0n) is 12.6. The maximum Gasteiger partial charge on any atom is 0.233 e. The van der Waals surface area contributed by atoms with Crippen molar-refractivity contribution in [1.29, 1.82) is 0 Å². The van der Waals surface area contributed by atoms with E-state index in [2.05, 4.69) is 16.0 Å². The van der Waals surface area contributed by atoms with Gasteiger partial charge in [0.2, 0.25) is 17.7 Å². The van der Waals surface area contributed by atoms with Crippen LogP contribution < -0.4 is 16.0 Å². The quantitative estimate of drug-likeness (QED) is 0.742. The third-order valence-electron chi connectivity index (χ3n) is 2.87. The van der Waals surface area contributed by atoms with E-state index in [4.69, 9.17) is 0 Å². The Kier molecular flexibility index (Phi) is 5.46. The molecular formula is C17H17N3O3. The zero-order chi connectivity index (χ0) is 16.7. The molecule has 0 aromatic heterocycles. The molecule has 0 bridgehead atoms. The number of hydrogen-bond donors (Lipinski definition) is 3. The number of carbonyl (C=O) groups excluding carboxylic acids is 3. The van der Waals surface area contributed by atoms with Crippen LogP contribution in [0, 0.1) is 0 Å². The van der Waals surface area contributed by atoms with Crippen LogP contribution in [-0.4, -0.2) is 17.7 Å². The van der Waals surface area contributed by atoms with Crippen LogP contribution in [0.4, 0.5) is 17.1 Å². The second kappa shape index (κ2) is 7.74. The van der Waals surface area contributed by atoms with Crippen LogP contribution in [0.25, 0.3) is 0 Å². The molecular weight excluding hydrogens is 294 g/mol. The molecule has 6 heteroatoms. The van der Waals surface area contributed by atoms with Gasteiger partial charge >= 0.3 is 0 Å². The molecule has 2 aromatic rings. The SMILES string of the molecule is CC(=O)Nc1ccc(NC(=O)CC(=O)Nc2ccccc2)cc1. The number of para-hydroxylation sites is 1. The van der Waals surface area contributed by atoms with Crippen molar-refractivity contribution in [3.63, 3.8) is 0 Å². The van der Waals surface area contributed by atoms with Gasteiger partial charge in [-0.1, -0.05) is 18.2 Å². The molecule has 0 aliphatic carbocycles.